The summed E-state index contributed by atoms with van der Waals surface area (Å²) in [5, 5.41) is 0. The van der Waals surface area contributed by atoms with E-state index in [4.69, 9.17) is 0 Å². The third-order valence-corrected chi connectivity index (χ3v) is 4.75. The highest BCUT2D eigenvalue weighted by molar-refractivity contribution is 5.78. The molecule has 114 valence electrons. The van der Waals surface area contributed by atoms with Crippen LogP contribution in [0.5, 0.6) is 0 Å². The van der Waals surface area contributed by atoms with E-state index in [0.717, 1.165) is 57.4 Å². The lowest BCUT2D eigenvalue weighted by atomic mass is 9.89. The fourth-order valence-corrected chi connectivity index (χ4v) is 3.47. The zero-order valence-electron chi connectivity index (χ0n) is 12.4. The summed E-state index contributed by atoms with van der Waals surface area (Å²) in [6, 6.07) is 7.08. The molecule has 21 heavy (non-hydrogen) atoms. The minimum Gasteiger partial charge on any atom is -0.342 e. The maximum Gasteiger partial charge on any atom is 0.236 e. The van der Waals surface area contributed by atoms with Crippen molar-refractivity contribution in [3.05, 3.63) is 35.6 Å². The Morgan fingerprint density at radius 3 is 2.43 bits per heavy atom. The summed E-state index contributed by atoms with van der Waals surface area (Å²) in [6.07, 6.45) is 4.16. The Morgan fingerprint density at radius 2 is 1.76 bits per heavy atom. The molecule has 4 heteroatoms. The Hall–Kier alpha value is -1.42. The van der Waals surface area contributed by atoms with Gasteiger partial charge in [-0.25, -0.2) is 4.39 Å². The minimum atomic E-state index is -0.0934. The molecule has 1 amide bonds. The van der Waals surface area contributed by atoms with Crippen molar-refractivity contribution in [1.29, 1.82) is 0 Å². The molecule has 2 fully saturated rings. The molecule has 0 N–H and O–H groups in total. The molecular formula is C17H23FN2O. The average molecular weight is 290 g/mol. The predicted molar refractivity (Wildman–Crippen MR) is 80.6 cm³/mol. The summed E-state index contributed by atoms with van der Waals surface area (Å²) in [5.74, 6) is 0.463. The first kappa shape index (κ1) is 14.5. The van der Waals surface area contributed by atoms with E-state index >= 15 is 0 Å². The summed E-state index contributed by atoms with van der Waals surface area (Å²) in [4.78, 5) is 16.3. The third kappa shape index (κ3) is 3.43. The minimum absolute atomic E-state index is 0.0934. The van der Waals surface area contributed by atoms with Crippen LogP contribution in [0.4, 0.5) is 4.39 Å². The number of likely N-dealkylation sites (tertiary alicyclic amines) is 2. The molecule has 2 heterocycles. The molecule has 2 saturated heterocycles. The highest BCUT2D eigenvalue weighted by Gasteiger charge is 2.25. The fraction of sp³-hybridized carbons (Fsp3) is 0.588. The van der Waals surface area contributed by atoms with Gasteiger partial charge in [-0.15, -0.1) is 0 Å². The number of piperidine rings is 1. The van der Waals surface area contributed by atoms with E-state index in [1.807, 2.05) is 17.0 Å². The average Bonchev–Trinajstić information content (AvgIpc) is 3.03. The van der Waals surface area contributed by atoms with E-state index in [-0.39, 0.29) is 11.7 Å². The second kappa shape index (κ2) is 6.56. The lowest BCUT2D eigenvalue weighted by Gasteiger charge is -2.32. The van der Waals surface area contributed by atoms with E-state index < -0.39 is 0 Å². The van der Waals surface area contributed by atoms with E-state index in [1.54, 1.807) is 12.1 Å². The topological polar surface area (TPSA) is 23.6 Å². The Bertz CT molecular complexity index is 491. The molecule has 0 bridgehead atoms. The van der Waals surface area contributed by atoms with Crippen LogP contribution in [-0.4, -0.2) is 48.4 Å². The van der Waals surface area contributed by atoms with Gasteiger partial charge in [0.05, 0.1) is 6.54 Å². The monoisotopic (exact) mass is 290 g/mol. The van der Waals surface area contributed by atoms with Gasteiger partial charge in [-0.2, -0.15) is 0 Å². The lowest BCUT2D eigenvalue weighted by Crippen LogP contribution is -2.42. The van der Waals surface area contributed by atoms with Crippen molar-refractivity contribution >= 4 is 5.91 Å². The van der Waals surface area contributed by atoms with Crippen molar-refractivity contribution in [2.24, 2.45) is 0 Å². The van der Waals surface area contributed by atoms with Gasteiger partial charge >= 0.3 is 0 Å². The van der Waals surface area contributed by atoms with E-state index in [2.05, 4.69) is 4.90 Å². The van der Waals surface area contributed by atoms with Crippen molar-refractivity contribution in [3.63, 3.8) is 0 Å². The van der Waals surface area contributed by atoms with Crippen LogP contribution < -0.4 is 0 Å². The van der Waals surface area contributed by atoms with Gasteiger partial charge in [-0.1, -0.05) is 18.2 Å². The second-order valence-corrected chi connectivity index (χ2v) is 6.16. The van der Waals surface area contributed by atoms with Gasteiger partial charge < -0.3 is 4.90 Å². The number of benzene rings is 1. The number of halogens is 1. The van der Waals surface area contributed by atoms with Crippen molar-refractivity contribution in [3.8, 4) is 0 Å². The van der Waals surface area contributed by atoms with Gasteiger partial charge in [-0.05, 0) is 56.3 Å². The van der Waals surface area contributed by atoms with Gasteiger partial charge in [-0.3, -0.25) is 9.69 Å². The van der Waals surface area contributed by atoms with Crippen molar-refractivity contribution in [2.75, 3.05) is 32.7 Å². The van der Waals surface area contributed by atoms with Gasteiger partial charge in [0, 0.05) is 13.1 Å². The molecule has 3 rings (SSSR count). The number of hydrogen-bond acceptors (Lipinski definition) is 2. The van der Waals surface area contributed by atoms with Crippen LogP contribution in [0.2, 0.25) is 0 Å². The SMILES string of the molecule is O=C(CN1CCC(c2ccccc2F)CC1)N1CCCC1. The highest BCUT2D eigenvalue weighted by Crippen LogP contribution is 2.29. The second-order valence-electron chi connectivity index (χ2n) is 6.16. The summed E-state index contributed by atoms with van der Waals surface area (Å²) < 4.78 is 13.8. The number of carbonyl (C=O) groups excluding carboxylic acids is 1. The van der Waals surface area contributed by atoms with Crippen molar-refractivity contribution in [1.82, 2.24) is 9.80 Å². The normalized spacial score (nSPS) is 20.9. The van der Waals surface area contributed by atoms with Crippen LogP contribution in [0, 0.1) is 5.82 Å². The van der Waals surface area contributed by atoms with Crippen LogP contribution in [0.1, 0.15) is 37.2 Å². The molecular weight excluding hydrogens is 267 g/mol. The standard InChI is InChI=1S/C17H23FN2O/c18-16-6-2-1-5-15(16)14-7-11-19(12-8-14)13-17(21)20-9-3-4-10-20/h1-2,5-6,14H,3-4,7-13H2. The van der Waals surface area contributed by atoms with Gasteiger partial charge in [0.1, 0.15) is 5.82 Å². The molecule has 0 radical (unpaired) electrons. The number of hydrogen-bond donors (Lipinski definition) is 0. The Labute approximate surface area is 125 Å². The summed E-state index contributed by atoms with van der Waals surface area (Å²) in [6.45, 7) is 4.15. The summed E-state index contributed by atoms with van der Waals surface area (Å²) in [7, 11) is 0. The summed E-state index contributed by atoms with van der Waals surface area (Å²) >= 11 is 0. The van der Waals surface area contributed by atoms with E-state index in [0.29, 0.717) is 12.5 Å². The van der Waals surface area contributed by atoms with Crippen LogP contribution in [0.15, 0.2) is 24.3 Å². The molecule has 0 spiro atoms. The van der Waals surface area contributed by atoms with Crippen LogP contribution >= 0.6 is 0 Å². The summed E-state index contributed by atoms with van der Waals surface area (Å²) in [5.41, 5.74) is 0.836. The van der Waals surface area contributed by atoms with Crippen molar-refractivity contribution < 1.29 is 9.18 Å². The predicted octanol–water partition coefficient (Wildman–Crippen LogP) is 2.63. The molecule has 3 nitrogen and oxygen atoms in total. The van der Waals surface area contributed by atoms with E-state index in [9.17, 15) is 9.18 Å². The molecule has 1 aromatic carbocycles. The van der Waals surface area contributed by atoms with Crippen LogP contribution in [0.25, 0.3) is 0 Å². The fourth-order valence-electron chi connectivity index (χ4n) is 3.47. The van der Waals surface area contributed by atoms with Crippen LogP contribution in [-0.2, 0) is 4.79 Å². The Kier molecular flexibility index (Phi) is 4.54. The van der Waals surface area contributed by atoms with Gasteiger partial charge in [0.25, 0.3) is 0 Å². The third-order valence-electron chi connectivity index (χ3n) is 4.75. The molecule has 0 aliphatic carbocycles. The molecule has 0 aromatic heterocycles. The molecule has 1 aromatic rings. The molecule has 0 saturated carbocycles. The van der Waals surface area contributed by atoms with Crippen molar-refractivity contribution in [2.45, 2.75) is 31.6 Å². The number of nitrogens with zero attached hydrogens (tertiary/aromatic N) is 2. The van der Waals surface area contributed by atoms with E-state index in [1.165, 1.54) is 0 Å². The highest BCUT2D eigenvalue weighted by atomic mass is 19.1. The largest absolute Gasteiger partial charge is 0.342 e. The Morgan fingerprint density at radius 1 is 1.10 bits per heavy atom. The molecule has 0 unspecified atom stereocenters. The van der Waals surface area contributed by atoms with Gasteiger partial charge in [0.2, 0.25) is 5.91 Å². The first-order chi connectivity index (χ1) is 10.2. The molecule has 0 atom stereocenters. The zero-order chi connectivity index (χ0) is 14.7. The number of carbonyl (C=O) groups is 1. The van der Waals surface area contributed by atoms with Crippen LogP contribution in [0.3, 0.4) is 0 Å². The lowest BCUT2D eigenvalue weighted by molar-refractivity contribution is -0.131. The smallest absolute Gasteiger partial charge is 0.236 e. The first-order valence-corrected chi connectivity index (χ1v) is 7.98. The molecule has 2 aliphatic rings. The maximum absolute atomic E-state index is 13.8. The quantitative estimate of drug-likeness (QED) is 0.854. The Balaban J connectivity index is 1.51. The number of amides is 1. The first-order valence-electron chi connectivity index (χ1n) is 7.98. The zero-order valence-corrected chi connectivity index (χ0v) is 12.4. The molecule has 2 aliphatic heterocycles. The maximum atomic E-state index is 13.8. The number of rotatable bonds is 3. The van der Waals surface area contributed by atoms with Gasteiger partial charge in [0.15, 0.2) is 0 Å².